The van der Waals surface area contributed by atoms with Gasteiger partial charge in [0.15, 0.2) is 0 Å². The van der Waals surface area contributed by atoms with E-state index in [4.69, 9.17) is 15.9 Å². The quantitative estimate of drug-likeness (QED) is 0.0262. The number of nitrogens with zero attached hydrogens (tertiary/aromatic N) is 3. The summed E-state index contributed by atoms with van der Waals surface area (Å²) in [6.07, 6.45) is -13.0. The number of carbonyl (C=O) groups is 6. The van der Waals surface area contributed by atoms with E-state index in [1.807, 2.05) is 37.3 Å². The molecule has 418 valence electrons. The van der Waals surface area contributed by atoms with Crippen molar-refractivity contribution in [2.75, 3.05) is 51.8 Å². The number of nitrogens with one attached hydrogen (secondary N) is 6. The van der Waals surface area contributed by atoms with E-state index >= 15 is 0 Å². The highest BCUT2D eigenvalue weighted by atomic mass is 16.4. The first-order valence-electron chi connectivity index (χ1n) is 25.1. The van der Waals surface area contributed by atoms with Gasteiger partial charge in [0.1, 0.15) is 54.5 Å². The van der Waals surface area contributed by atoms with Gasteiger partial charge in [-0.05, 0) is 68.0 Å². The average Bonchev–Trinajstić information content (AvgIpc) is 3.77. The number of aromatic amines is 1. The minimum atomic E-state index is -1.94. The smallest absolute Gasteiger partial charge is 0.254 e. The molecular formula is C49H76N10O16. The molecule has 6 amide bonds. The molecule has 0 fully saturated rings. The highest BCUT2D eigenvalue weighted by molar-refractivity contribution is 5.95. The van der Waals surface area contributed by atoms with Crippen LogP contribution >= 0.6 is 0 Å². The topological polar surface area (TPSA) is 426 Å². The van der Waals surface area contributed by atoms with Crippen LogP contribution in [0, 0.1) is 0 Å². The molecule has 1 aromatic heterocycles. The van der Waals surface area contributed by atoms with E-state index in [9.17, 15) is 69.6 Å². The lowest BCUT2D eigenvalue weighted by Crippen LogP contribution is -2.52. The average molecular weight is 1060 g/mol. The number of aromatic nitrogens is 2. The van der Waals surface area contributed by atoms with Crippen molar-refractivity contribution in [2.45, 2.75) is 145 Å². The molecule has 0 bridgehead atoms. The molecule has 26 nitrogen and oxygen atoms in total. The van der Waals surface area contributed by atoms with E-state index in [1.54, 1.807) is 29.0 Å². The number of anilines is 1. The summed E-state index contributed by atoms with van der Waals surface area (Å²) < 4.78 is 0. The van der Waals surface area contributed by atoms with Crippen LogP contribution in [-0.4, -0.2) is 220 Å². The van der Waals surface area contributed by atoms with Crippen LogP contribution in [0.5, 0.6) is 0 Å². The first-order chi connectivity index (χ1) is 35.7. The monoisotopic (exact) mass is 1060 g/mol. The van der Waals surface area contributed by atoms with E-state index in [0.717, 1.165) is 22.3 Å². The molecule has 18 N–H and O–H groups in total. The van der Waals surface area contributed by atoms with Gasteiger partial charge in [0.2, 0.25) is 29.5 Å². The fourth-order valence-electron chi connectivity index (χ4n) is 8.15. The molecule has 2 heterocycles. The third-order valence-electron chi connectivity index (χ3n) is 12.9. The van der Waals surface area contributed by atoms with Crippen molar-refractivity contribution in [3.8, 4) is 0 Å². The number of hydrogen-bond acceptors (Lipinski definition) is 19. The zero-order chi connectivity index (χ0) is 55.4. The number of benzene rings is 2. The zero-order valence-corrected chi connectivity index (χ0v) is 42.3. The van der Waals surface area contributed by atoms with Crippen LogP contribution < -0.4 is 32.3 Å². The number of carbonyl (C=O) groups excluding carboxylic acids is 6. The van der Waals surface area contributed by atoms with Gasteiger partial charge in [-0.25, -0.2) is 4.98 Å². The zero-order valence-electron chi connectivity index (χ0n) is 42.3. The summed E-state index contributed by atoms with van der Waals surface area (Å²) in [5.41, 5.74) is 9.74. The summed E-state index contributed by atoms with van der Waals surface area (Å²) >= 11 is 0. The fraction of sp³-hybridized carbons (Fsp3) is 0.612. The molecule has 3 aromatic rings. The minimum Gasteiger partial charge on any atom is -0.394 e. The Labute approximate surface area is 433 Å². The van der Waals surface area contributed by atoms with Crippen LogP contribution in [0.1, 0.15) is 86.5 Å². The van der Waals surface area contributed by atoms with Crippen LogP contribution in [0.2, 0.25) is 0 Å². The van der Waals surface area contributed by atoms with E-state index in [-0.39, 0.29) is 50.7 Å². The van der Waals surface area contributed by atoms with Crippen LogP contribution in [0.4, 0.5) is 5.69 Å². The van der Waals surface area contributed by atoms with Crippen LogP contribution in [-0.2, 0) is 37.1 Å². The summed E-state index contributed by atoms with van der Waals surface area (Å²) in [5.74, 6) is -2.63. The molecule has 1 aliphatic rings. The van der Waals surface area contributed by atoms with Crippen molar-refractivity contribution in [1.29, 1.82) is 0 Å². The van der Waals surface area contributed by atoms with Gasteiger partial charge in [0, 0.05) is 63.9 Å². The summed E-state index contributed by atoms with van der Waals surface area (Å²) in [6.45, 7) is 0.0874. The molecule has 0 radical (unpaired) electrons. The van der Waals surface area contributed by atoms with Crippen LogP contribution in [0.3, 0.4) is 0 Å². The van der Waals surface area contributed by atoms with Crippen molar-refractivity contribution in [3.63, 3.8) is 0 Å². The normalized spacial score (nSPS) is 17.6. The van der Waals surface area contributed by atoms with Crippen molar-refractivity contribution in [3.05, 3.63) is 59.4 Å². The molecule has 26 heteroatoms. The molecule has 11 atom stereocenters. The lowest BCUT2D eigenvalue weighted by Gasteiger charge is -2.26. The first kappa shape index (κ1) is 61.6. The Hall–Kier alpha value is -5.91. The Balaban J connectivity index is 1.29. The van der Waals surface area contributed by atoms with Gasteiger partial charge in [0.25, 0.3) is 5.91 Å². The largest absolute Gasteiger partial charge is 0.394 e. The SMILES string of the molecule is CC[C@@H]1Nc2ccc(C(=O)N(C)Cc3nc4ccccc4[nH]3)cc2CN(CCCCCCNC(=O)[C@H](CCC(=O)NC[C@@H](O)[C@H](O)[C@@H](O)[C@@H](O)CO)NC(=O)[C@@H](N)CCC(=O)NC[C@H](O)[C@@H](O)[C@H](O)[C@H](O)CO)C1=O. The summed E-state index contributed by atoms with van der Waals surface area (Å²) in [7, 11) is 1.70. The highest BCUT2D eigenvalue weighted by Gasteiger charge is 2.33. The Kier molecular flexibility index (Phi) is 25.1. The molecule has 0 aliphatic carbocycles. The van der Waals surface area contributed by atoms with Gasteiger partial charge >= 0.3 is 0 Å². The number of aliphatic hydroxyl groups is 10. The van der Waals surface area contributed by atoms with Crippen molar-refractivity contribution in [2.24, 2.45) is 5.73 Å². The third kappa shape index (κ3) is 18.7. The van der Waals surface area contributed by atoms with E-state index in [1.165, 1.54) is 0 Å². The third-order valence-corrected chi connectivity index (χ3v) is 12.9. The number of imidazole rings is 1. The van der Waals surface area contributed by atoms with E-state index < -0.39 is 123 Å². The molecular weight excluding hydrogens is 985 g/mol. The Morgan fingerprint density at radius 3 is 1.96 bits per heavy atom. The van der Waals surface area contributed by atoms with Gasteiger partial charge in [-0.15, -0.1) is 0 Å². The standard InChI is InChI=1S/C49H76N10O16/c1-3-30-49(75)59(23-28-20-27(12-14-31(28)54-30)48(74)58(2)24-39-55-32-10-6-7-11-33(32)56-39)19-9-5-4-8-18-51-47(73)34(15-17-41(67)53-22-36(63)43(69)45(71)38(65)26-61)57-46(72)29(50)13-16-40(66)52-21-35(62)42(68)44(70)37(64)25-60/h6-7,10-12,14,20,29-30,34-38,42-45,54,60-65,68-71H,3-5,8-9,13,15-19,21-26,50H2,1-2H3,(H,51,73)(H,52,66)(H,53,67)(H,55,56)(H,57,72)/t29-,30-,34-,35-,36+,37+,38-,42+,43-,44+,45-/m0/s1. The number of para-hydroxylation sites is 2. The maximum Gasteiger partial charge on any atom is 0.254 e. The number of hydrogen-bond donors (Lipinski definition) is 17. The van der Waals surface area contributed by atoms with Gasteiger partial charge in [-0.1, -0.05) is 31.9 Å². The Bertz CT molecular complexity index is 2290. The van der Waals surface area contributed by atoms with Crippen molar-refractivity contribution in [1.82, 2.24) is 41.0 Å². The maximum absolute atomic E-state index is 13.7. The molecule has 0 saturated heterocycles. The number of nitrogens with two attached hydrogens (primary N) is 1. The Morgan fingerprint density at radius 2 is 1.36 bits per heavy atom. The summed E-state index contributed by atoms with van der Waals surface area (Å²) in [5, 5.41) is 110. The number of unbranched alkanes of at least 4 members (excludes halogenated alkanes) is 3. The molecule has 0 saturated carbocycles. The van der Waals surface area contributed by atoms with Crippen molar-refractivity contribution >= 4 is 52.2 Å². The van der Waals surface area contributed by atoms with Crippen LogP contribution in [0.15, 0.2) is 42.5 Å². The van der Waals surface area contributed by atoms with E-state index in [0.29, 0.717) is 50.0 Å². The predicted octanol–water partition coefficient (Wildman–Crippen LogP) is -4.48. The highest BCUT2D eigenvalue weighted by Crippen LogP contribution is 2.27. The number of rotatable bonds is 32. The van der Waals surface area contributed by atoms with Gasteiger partial charge in [-0.3, -0.25) is 28.8 Å². The molecule has 2 aromatic carbocycles. The Morgan fingerprint density at radius 1 is 0.773 bits per heavy atom. The number of H-pyrrole nitrogens is 1. The van der Waals surface area contributed by atoms with Gasteiger partial charge < -0.3 is 98.2 Å². The molecule has 1 aliphatic heterocycles. The second kappa shape index (κ2) is 30.6. The van der Waals surface area contributed by atoms with Gasteiger partial charge in [-0.2, -0.15) is 0 Å². The second-order valence-electron chi connectivity index (χ2n) is 18.8. The van der Waals surface area contributed by atoms with Crippen molar-refractivity contribution < 1.29 is 79.8 Å². The maximum atomic E-state index is 13.7. The predicted molar refractivity (Wildman–Crippen MR) is 270 cm³/mol. The number of aliphatic hydroxyl groups excluding tert-OH is 10. The molecule has 0 unspecified atom stereocenters. The molecule has 4 rings (SSSR count). The molecule has 0 spiro atoms. The number of fused-ring (bicyclic) bond motifs is 2. The number of amides is 6. The lowest BCUT2D eigenvalue weighted by molar-refractivity contribution is -0.132. The second-order valence-corrected chi connectivity index (χ2v) is 18.8. The summed E-state index contributed by atoms with van der Waals surface area (Å²) in [4.78, 5) is 90.3. The lowest BCUT2D eigenvalue weighted by atomic mass is 10.0. The fourth-order valence-corrected chi connectivity index (χ4v) is 8.15. The van der Waals surface area contributed by atoms with E-state index in [2.05, 4.69) is 36.6 Å². The summed E-state index contributed by atoms with van der Waals surface area (Å²) in [6, 6.07) is 9.81. The molecule has 75 heavy (non-hydrogen) atoms. The van der Waals surface area contributed by atoms with Gasteiger partial charge in [0.05, 0.1) is 49.0 Å². The van der Waals surface area contributed by atoms with Crippen LogP contribution in [0.25, 0.3) is 11.0 Å². The first-order valence-corrected chi connectivity index (χ1v) is 25.1. The minimum absolute atomic E-state index is 0.0726.